The highest BCUT2D eigenvalue weighted by atomic mass is 16.5. The Morgan fingerprint density at radius 1 is 1.80 bits per heavy atom. The van der Waals surface area contributed by atoms with Gasteiger partial charge in [0.05, 0.1) is 38.3 Å². The lowest BCUT2D eigenvalue weighted by atomic mass is 10.2. The second-order valence-corrected chi connectivity index (χ2v) is 3.33. The van der Waals surface area contributed by atoms with Gasteiger partial charge in [0.1, 0.15) is 0 Å². The van der Waals surface area contributed by atoms with Crippen molar-refractivity contribution in [3.05, 3.63) is 18.0 Å². The van der Waals surface area contributed by atoms with Gasteiger partial charge in [-0.2, -0.15) is 10.4 Å². The van der Waals surface area contributed by atoms with Crippen molar-refractivity contribution in [1.82, 2.24) is 9.78 Å². The quantitative estimate of drug-likeness (QED) is 0.683. The summed E-state index contributed by atoms with van der Waals surface area (Å²) in [7, 11) is 1.36. The summed E-state index contributed by atoms with van der Waals surface area (Å²) in [5.74, 6) is -0.489. The molecule has 0 spiro atoms. The van der Waals surface area contributed by atoms with E-state index in [1.54, 1.807) is 24.0 Å². The Kier molecular flexibility index (Phi) is 3.86. The molecule has 1 aromatic rings. The Bertz CT molecular complexity index is 378. The fourth-order valence-electron chi connectivity index (χ4n) is 1.25. The number of esters is 1. The first-order valence-corrected chi connectivity index (χ1v) is 4.63. The first kappa shape index (κ1) is 11.2. The molecule has 1 unspecified atom stereocenters. The van der Waals surface area contributed by atoms with Crippen LogP contribution in [0.4, 0.5) is 0 Å². The van der Waals surface area contributed by atoms with Gasteiger partial charge in [-0.1, -0.05) is 6.92 Å². The van der Waals surface area contributed by atoms with E-state index in [0.29, 0.717) is 13.0 Å². The summed E-state index contributed by atoms with van der Waals surface area (Å²) < 4.78 is 6.25. The molecule has 0 saturated heterocycles. The average Bonchev–Trinajstić information content (AvgIpc) is 2.65. The fourth-order valence-corrected chi connectivity index (χ4v) is 1.25. The van der Waals surface area contributed by atoms with E-state index in [2.05, 4.69) is 9.84 Å². The number of rotatable bonds is 4. The van der Waals surface area contributed by atoms with Crippen LogP contribution in [-0.2, 0) is 22.5 Å². The van der Waals surface area contributed by atoms with E-state index >= 15 is 0 Å². The van der Waals surface area contributed by atoms with Gasteiger partial charge in [-0.25, -0.2) is 0 Å². The van der Waals surface area contributed by atoms with Gasteiger partial charge in [-0.05, 0) is 0 Å². The number of hydrogen-bond acceptors (Lipinski definition) is 4. The first-order chi connectivity index (χ1) is 7.17. The van der Waals surface area contributed by atoms with Crippen LogP contribution < -0.4 is 0 Å². The summed E-state index contributed by atoms with van der Waals surface area (Å²) in [4.78, 5) is 11.1. The summed E-state index contributed by atoms with van der Waals surface area (Å²) in [5.41, 5.74) is 0.856. The van der Waals surface area contributed by atoms with Crippen molar-refractivity contribution in [2.24, 2.45) is 5.92 Å². The molecular formula is C10H13N3O2. The SMILES string of the molecule is COC(=O)C(C)Cn1cc(CC#N)cn1. The highest BCUT2D eigenvalue weighted by molar-refractivity contribution is 5.71. The highest BCUT2D eigenvalue weighted by Crippen LogP contribution is 2.04. The Morgan fingerprint density at radius 3 is 3.13 bits per heavy atom. The summed E-state index contributed by atoms with van der Waals surface area (Å²) in [6.45, 7) is 2.25. The van der Waals surface area contributed by atoms with Crippen molar-refractivity contribution >= 4 is 5.97 Å². The van der Waals surface area contributed by atoms with E-state index in [1.807, 2.05) is 6.07 Å². The summed E-state index contributed by atoms with van der Waals surface area (Å²) in [6, 6.07) is 2.04. The van der Waals surface area contributed by atoms with Gasteiger partial charge >= 0.3 is 5.97 Å². The van der Waals surface area contributed by atoms with Crippen LogP contribution in [0.5, 0.6) is 0 Å². The zero-order valence-electron chi connectivity index (χ0n) is 8.80. The number of aromatic nitrogens is 2. The molecule has 0 aliphatic rings. The molecule has 0 radical (unpaired) electrons. The molecular weight excluding hydrogens is 194 g/mol. The van der Waals surface area contributed by atoms with Crippen LogP contribution in [0.2, 0.25) is 0 Å². The second-order valence-electron chi connectivity index (χ2n) is 3.33. The van der Waals surface area contributed by atoms with E-state index in [0.717, 1.165) is 5.56 Å². The van der Waals surface area contributed by atoms with Crippen LogP contribution >= 0.6 is 0 Å². The van der Waals surface area contributed by atoms with Crippen molar-refractivity contribution in [3.63, 3.8) is 0 Å². The smallest absolute Gasteiger partial charge is 0.310 e. The minimum atomic E-state index is -0.257. The molecule has 5 nitrogen and oxygen atoms in total. The van der Waals surface area contributed by atoms with E-state index < -0.39 is 0 Å². The highest BCUT2D eigenvalue weighted by Gasteiger charge is 2.13. The molecule has 0 bridgehead atoms. The van der Waals surface area contributed by atoms with Crippen LogP contribution in [0.15, 0.2) is 12.4 Å². The molecule has 1 atom stereocenters. The maximum absolute atomic E-state index is 11.1. The monoisotopic (exact) mass is 207 g/mol. The van der Waals surface area contributed by atoms with Gasteiger partial charge in [0.2, 0.25) is 0 Å². The summed E-state index contributed by atoms with van der Waals surface area (Å²) in [6.07, 6.45) is 3.74. The van der Waals surface area contributed by atoms with Crippen LogP contribution in [0.25, 0.3) is 0 Å². The Labute approximate surface area is 88.3 Å². The van der Waals surface area contributed by atoms with Crippen molar-refractivity contribution < 1.29 is 9.53 Å². The van der Waals surface area contributed by atoms with Crippen molar-refractivity contribution in [1.29, 1.82) is 5.26 Å². The molecule has 0 aliphatic carbocycles. The van der Waals surface area contributed by atoms with Crippen molar-refractivity contribution in [2.45, 2.75) is 19.9 Å². The first-order valence-electron chi connectivity index (χ1n) is 4.63. The molecule has 80 valence electrons. The minimum Gasteiger partial charge on any atom is -0.469 e. The topological polar surface area (TPSA) is 67.9 Å². The maximum Gasteiger partial charge on any atom is 0.310 e. The predicted molar refractivity (Wildman–Crippen MR) is 52.7 cm³/mol. The van der Waals surface area contributed by atoms with Gasteiger partial charge in [-0.3, -0.25) is 9.48 Å². The third kappa shape index (κ3) is 3.09. The van der Waals surface area contributed by atoms with Gasteiger partial charge < -0.3 is 4.74 Å². The molecule has 0 amide bonds. The molecule has 5 heteroatoms. The van der Waals surface area contributed by atoms with Crippen molar-refractivity contribution in [2.75, 3.05) is 7.11 Å². The van der Waals surface area contributed by atoms with E-state index in [9.17, 15) is 4.79 Å². The predicted octanol–water partition coefficient (Wildman–Crippen LogP) is 0.758. The second kappa shape index (κ2) is 5.15. The molecule has 1 rings (SSSR count). The molecule has 1 aromatic heterocycles. The lowest BCUT2D eigenvalue weighted by molar-refractivity contribution is -0.145. The van der Waals surface area contributed by atoms with Gasteiger partial charge in [-0.15, -0.1) is 0 Å². The van der Waals surface area contributed by atoms with E-state index in [1.165, 1.54) is 7.11 Å². The van der Waals surface area contributed by atoms with E-state index in [4.69, 9.17) is 5.26 Å². The largest absolute Gasteiger partial charge is 0.469 e. The molecule has 0 N–H and O–H groups in total. The number of carbonyl (C=O) groups is 1. The number of ether oxygens (including phenoxy) is 1. The van der Waals surface area contributed by atoms with Gasteiger partial charge in [0.25, 0.3) is 0 Å². The lowest BCUT2D eigenvalue weighted by Crippen LogP contribution is -2.18. The standard InChI is InChI=1S/C10H13N3O2/c1-8(10(14)15-2)6-13-7-9(3-4-11)5-12-13/h5,7-8H,3,6H2,1-2H3. The maximum atomic E-state index is 11.1. The molecule has 0 saturated carbocycles. The molecule has 0 aliphatic heterocycles. The van der Waals surface area contributed by atoms with Crippen LogP contribution in [-0.4, -0.2) is 22.9 Å². The third-order valence-corrected chi connectivity index (χ3v) is 2.03. The molecule has 1 heterocycles. The Morgan fingerprint density at radius 2 is 2.53 bits per heavy atom. The van der Waals surface area contributed by atoms with Gasteiger partial charge in [0, 0.05) is 11.8 Å². The zero-order chi connectivity index (χ0) is 11.3. The minimum absolute atomic E-state index is 0.232. The molecule has 15 heavy (non-hydrogen) atoms. The number of nitriles is 1. The van der Waals surface area contributed by atoms with Gasteiger partial charge in [0.15, 0.2) is 0 Å². The lowest BCUT2D eigenvalue weighted by Gasteiger charge is -2.08. The number of hydrogen-bond donors (Lipinski definition) is 0. The summed E-state index contributed by atoms with van der Waals surface area (Å²) in [5, 5.41) is 12.5. The number of nitrogens with zero attached hydrogens (tertiary/aromatic N) is 3. The molecule has 0 aromatic carbocycles. The van der Waals surface area contributed by atoms with Crippen LogP contribution in [0.1, 0.15) is 12.5 Å². The Balaban J connectivity index is 2.57. The normalized spacial score (nSPS) is 11.8. The zero-order valence-corrected chi connectivity index (χ0v) is 8.80. The fraction of sp³-hybridized carbons (Fsp3) is 0.500. The third-order valence-electron chi connectivity index (χ3n) is 2.03. The Hall–Kier alpha value is -1.83. The average molecular weight is 207 g/mol. The summed E-state index contributed by atoms with van der Waals surface area (Å²) >= 11 is 0. The van der Waals surface area contributed by atoms with Crippen molar-refractivity contribution in [3.8, 4) is 6.07 Å². The van der Waals surface area contributed by atoms with Crippen LogP contribution in [0, 0.1) is 17.2 Å². The molecule has 0 fully saturated rings. The number of carbonyl (C=O) groups excluding carboxylic acids is 1. The van der Waals surface area contributed by atoms with E-state index in [-0.39, 0.29) is 11.9 Å². The van der Waals surface area contributed by atoms with Crippen LogP contribution in [0.3, 0.4) is 0 Å². The number of methoxy groups -OCH3 is 1.